The Labute approximate surface area is 110 Å². The second-order valence-corrected chi connectivity index (χ2v) is 5.89. The maximum atomic E-state index is 11.4. The number of ether oxygens (including phenoxy) is 2. The predicted molar refractivity (Wildman–Crippen MR) is 69.6 cm³/mol. The number of aldehydes is 1. The van der Waals surface area contributed by atoms with Gasteiger partial charge in [-0.15, -0.1) is 0 Å². The van der Waals surface area contributed by atoms with Crippen molar-refractivity contribution in [3.63, 3.8) is 0 Å². The van der Waals surface area contributed by atoms with E-state index in [9.17, 15) is 4.79 Å². The summed E-state index contributed by atoms with van der Waals surface area (Å²) in [6.45, 7) is 5.07. The van der Waals surface area contributed by atoms with Crippen molar-refractivity contribution < 1.29 is 14.3 Å². The topological polar surface area (TPSA) is 38.8 Å². The molecule has 2 fully saturated rings. The van der Waals surface area contributed by atoms with Crippen LogP contribution in [0, 0.1) is 11.3 Å². The van der Waals surface area contributed by atoms with Crippen LogP contribution in [0.1, 0.15) is 25.7 Å². The summed E-state index contributed by atoms with van der Waals surface area (Å²) in [5, 5.41) is 0. The van der Waals surface area contributed by atoms with Gasteiger partial charge in [0.1, 0.15) is 6.29 Å². The molecule has 0 bridgehead atoms. The van der Waals surface area contributed by atoms with Gasteiger partial charge >= 0.3 is 0 Å². The lowest BCUT2D eigenvalue weighted by Gasteiger charge is -2.36. The SMILES string of the molecule is CN(CC1CCOCC1)CC1(C=O)CCCOC1. The molecule has 2 rings (SSSR count). The minimum absolute atomic E-state index is 0.266. The zero-order valence-electron chi connectivity index (χ0n) is 11.4. The largest absolute Gasteiger partial charge is 0.381 e. The summed E-state index contributed by atoms with van der Waals surface area (Å²) in [4.78, 5) is 13.7. The highest BCUT2D eigenvalue weighted by atomic mass is 16.5. The molecular weight excluding hydrogens is 230 g/mol. The number of nitrogens with zero attached hydrogens (tertiary/aromatic N) is 1. The predicted octanol–water partition coefficient (Wildman–Crippen LogP) is 1.34. The van der Waals surface area contributed by atoms with E-state index in [-0.39, 0.29) is 5.41 Å². The first-order valence-electron chi connectivity index (χ1n) is 7.04. The number of hydrogen-bond donors (Lipinski definition) is 0. The van der Waals surface area contributed by atoms with Crippen molar-refractivity contribution in [2.45, 2.75) is 25.7 Å². The average Bonchev–Trinajstić information content (AvgIpc) is 2.41. The van der Waals surface area contributed by atoms with E-state index < -0.39 is 0 Å². The Morgan fingerprint density at radius 2 is 2.06 bits per heavy atom. The van der Waals surface area contributed by atoms with E-state index in [4.69, 9.17) is 9.47 Å². The van der Waals surface area contributed by atoms with Crippen molar-refractivity contribution in [2.75, 3.05) is 46.6 Å². The number of rotatable bonds is 5. The Morgan fingerprint density at radius 3 is 2.67 bits per heavy atom. The van der Waals surface area contributed by atoms with Crippen molar-refractivity contribution >= 4 is 6.29 Å². The fourth-order valence-corrected chi connectivity index (χ4v) is 3.10. The molecule has 2 heterocycles. The minimum Gasteiger partial charge on any atom is -0.381 e. The van der Waals surface area contributed by atoms with E-state index in [1.807, 2.05) is 0 Å². The van der Waals surface area contributed by atoms with Gasteiger partial charge in [0, 0.05) is 32.9 Å². The van der Waals surface area contributed by atoms with E-state index >= 15 is 0 Å². The van der Waals surface area contributed by atoms with E-state index in [1.54, 1.807) is 0 Å². The zero-order valence-corrected chi connectivity index (χ0v) is 11.4. The quantitative estimate of drug-likeness (QED) is 0.695. The highest BCUT2D eigenvalue weighted by Gasteiger charge is 2.34. The fourth-order valence-electron chi connectivity index (χ4n) is 3.10. The van der Waals surface area contributed by atoms with E-state index in [0.717, 1.165) is 70.8 Å². The molecule has 104 valence electrons. The average molecular weight is 255 g/mol. The summed E-state index contributed by atoms with van der Waals surface area (Å²) < 4.78 is 10.9. The van der Waals surface area contributed by atoms with Gasteiger partial charge in [0.2, 0.25) is 0 Å². The highest BCUT2D eigenvalue weighted by molar-refractivity contribution is 5.60. The van der Waals surface area contributed by atoms with Crippen molar-refractivity contribution in [3.8, 4) is 0 Å². The smallest absolute Gasteiger partial charge is 0.129 e. The van der Waals surface area contributed by atoms with Gasteiger partial charge in [-0.25, -0.2) is 0 Å². The molecule has 4 heteroatoms. The second kappa shape index (κ2) is 6.64. The van der Waals surface area contributed by atoms with Gasteiger partial charge in [0.25, 0.3) is 0 Å². The molecule has 0 aliphatic carbocycles. The van der Waals surface area contributed by atoms with Crippen LogP contribution in [0.2, 0.25) is 0 Å². The molecule has 0 N–H and O–H groups in total. The minimum atomic E-state index is -0.266. The van der Waals surface area contributed by atoms with Gasteiger partial charge in [0.15, 0.2) is 0 Å². The van der Waals surface area contributed by atoms with Crippen LogP contribution in [0.5, 0.6) is 0 Å². The lowest BCUT2D eigenvalue weighted by Crippen LogP contribution is -2.44. The van der Waals surface area contributed by atoms with Crippen LogP contribution in [-0.2, 0) is 14.3 Å². The van der Waals surface area contributed by atoms with Crippen LogP contribution in [-0.4, -0.2) is 57.8 Å². The highest BCUT2D eigenvalue weighted by Crippen LogP contribution is 2.28. The fraction of sp³-hybridized carbons (Fsp3) is 0.929. The molecule has 0 radical (unpaired) electrons. The third-order valence-electron chi connectivity index (χ3n) is 4.10. The Hall–Kier alpha value is -0.450. The molecule has 0 amide bonds. The van der Waals surface area contributed by atoms with E-state index in [0.29, 0.717) is 6.61 Å². The molecule has 1 unspecified atom stereocenters. The van der Waals surface area contributed by atoms with Crippen molar-refractivity contribution in [1.29, 1.82) is 0 Å². The van der Waals surface area contributed by atoms with Gasteiger partial charge < -0.3 is 19.2 Å². The monoisotopic (exact) mass is 255 g/mol. The van der Waals surface area contributed by atoms with Crippen LogP contribution in [0.15, 0.2) is 0 Å². The van der Waals surface area contributed by atoms with Crippen LogP contribution >= 0.6 is 0 Å². The standard InChI is InChI=1S/C14H25NO3/c1-15(9-13-3-7-17-8-4-13)10-14(11-16)5-2-6-18-12-14/h11,13H,2-10,12H2,1H3. The Bertz CT molecular complexity index is 258. The molecule has 0 aromatic rings. The second-order valence-electron chi connectivity index (χ2n) is 5.89. The first-order valence-corrected chi connectivity index (χ1v) is 7.04. The maximum absolute atomic E-state index is 11.4. The summed E-state index contributed by atoms with van der Waals surface area (Å²) in [6, 6.07) is 0. The first kappa shape index (κ1) is 14.0. The maximum Gasteiger partial charge on any atom is 0.129 e. The Morgan fingerprint density at radius 1 is 1.28 bits per heavy atom. The number of carbonyl (C=O) groups is 1. The molecule has 4 nitrogen and oxygen atoms in total. The normalized spacial score (nSPS) is 30.6. The van der Waals surface area contributed by atoms with Crippen LogP contribution in [0.25, 0.3) is 0 Å². The Balaban J connectivity index is 1.80. The van der Waals surface area contributed by atoms with Crippen molar-refractivity contribution in [3.05, 3.63) is 0 Å². The van der Waals surface area contributed by atoms with Gasteiger partial charge in [-0.2, -0.15) is 0 Å². The third-order valence-corrected chi connectivity index (χ3v) is 4.10. The molecule has 1 atom stereocenters. The van der Waals surface area contributed by atoms with E-state index in [1.165, 1.54) is 0 Å². The van der Waals surface area contributed by atoms with Gasteiger partial charge in [0.05, 0.1) is 12.0 Å². The molecular formula is C14H25NO3. The van der Waals surface area contributed by atoms with Gasteiger partial charge in [-0.3, -0.25) is 0 Å². The van der Waals surface area contributed by atoms with Crippen molar-refractivity contribution in [2.24, 2.45) is 11.3 Å². The van der Waals surface area contributed by atoms with Crippen LogP contribution in [0.3, 0.4) is 0 Å². The molecule has 0 aromatic carbocycles. The van der Waals surface area contributed by atoms with Crippen LogP contribution in [0.4, 0.5) is 0 Å². The first-order chi connectivity index (χ1) is 8.74. The molecule has 2 aliphatic heterocycles. The zero-order chi connectivity index (χ0) is 12.8. The molecule has 0 aromatic heterocycles. The molecule has 0 saturated carbocycles. The molecule has 2 aliphatic rings. The lowest BCUT2D eigenvalue weighted by atomic mass is 9.83. The summed E-state index contributed by atoms with van der Waals surface area (Å²) in [6.07, 6.45) is 5.38. The molecule has 2 saturated heterocycles. The summed E-state index contributed by atoms with van der Waals surface area (Å²) in [5.41, 5.74) is -0.266. The van der Waals surface area contributed by atoms with Gasteiger partial charge in [-0.1, -0.05) is 0 Å². The third kappa shape index (κ3) is 3.77. The Kier molecular flexibility index (Phi) is 5.15. The summed E-state index contributed by atoms with van der Waals surface area (Å²) >= 11 is 0. The number of hydrogen-bond acceptors (Lipinski definition) is 4. The molecule has 18 heavy (non-hydrogen) atoms. The molecule has 0 spiro atoms. The number of carbonyl (C=O) groups excluding carboxylic acids is 1. The summed E-state index contributed by atoms with van der Waals surface area (Å²) in [7, 11) is 2.12. The van der Waals surface area contributed by atoms with Crippen molar-refractivity contribution in [1.82, 2.24) is 4.90 Å². The van der Waals surface area contributed by atoms with E-state index in [2.05, 4.69) is 11.9 Å². The lowest BCUT2D eigenvalue weighted by molar-refractivity contribution is -0.125. The van der Waals surface area contributed by atoms with Gasteiger partial charge in [-0.05, 0) is 38.6 Å². The summed E-state index contributed by atoms with van der Waals surface area (Å²) in [5.74, 6) is 0.719. The van der Waals surface area contributed by atoms with Crippen LogP contribution < -0.4 is 0 Å².